The number of benzene rings is 3. The molecule has 0 aliphatic carbocycles. The van der Waals surface area contributed by atoms with Crippen molar-refractivity contribution in [3.8, 4) is 0 Å². The highest BCUT2D eigenvalue weighted by atomic mass is 19.1. The maximum absolute atomic E-state index is 14.1. The van der Waals surface area contributed by atoms with E-state index in [1.165, 1.54) is 19.2 Å². The molecule has 4 aromatic rings. The van der Waals surface area contributed by atoms with E-state index in [4.69, 9.17) is 4.74 Å². The number of carbonyl (C=O) groups is 1. The van der Waals surface area contributed by atoms with Crippen LogP contribution in [0, 0.1) is 5.82 Å². The van der Waals surface area contributed by atoms with Gasteiger partial charge in [-0.1, -0.05) is 60.7 Å². The molecule has 140 valence electrons. The molecular weight excluding hydrogens is 353 g/mol. The third-order valence-electron chi connectivity index (χ3n) is 4.95. The first kappa shape index (κ1) is 18.0. The van der Waals surface area contributed by atoms with E-state index in [1.54, 1.807) is 6.07 Å². The molecule has 0 bridgehead atoms. The van der Waals surface area contributed by atoms with Crippen LogP contribution in [0.4, 0.5) is 4.39 Å². The van der Waals surface area contributed by atoms with Crippen LogP contribution in [0.3, 0.4) is 0 Å². The average Bonchev–Trinajstić information content (AvgIpc) is 3.06. The van der Waals surface area contributed by atoms with Gasteiger partial charge in [-0.3, -0.25) is 4.79 Å². The zero-order valence-corrected chi connectivity index (χ0v) is 15.5. The SMILES string of the molecule is COC(=O)C(c1ccccc1)c1cn(Cc2ccccc2)c2ccc(F)cc12. The summed E-state index contributed by atoms with van der Waals surface area (Å²) in [6, 6.07) is 24.2. The van der Waals surface area contributed by atoms with E-state index in [1.807, 2.05) is 66.9 Å². The lowest BCUT2D eigenvalue weighted by molar-refractivity contribution is -0.141. The molecule has 1 atom stereocenters. The lowest BCUT2D eigenvalue weighted by Gasteiger charge is -2.14. The number of aromatic nitrogens is 1. The molecule has 0 spiro atoms. The predicted octanol–water partition coefficient (Wildman–Crippen LogP) is 5.13. The van der Waals surface area contributed by atoms with Crippen molar-refractivity contribution >= 4 is 16.9 Å². The monoisotopic (exact) mass is 373 g/mol. The van der Waals surface area contributed by atoms with Gasteiger partial charge in [-0.05, 0) is 34.9 Å². The second-order valence-corrected chi connectivity index (χ2v) is 6.73. The van der Waals surface area contributed by atoms with Gasteiger partial charge in [-0.2, -0.15) is 0 Å². The number of halogens is 1. The van der Waals surface area contributed by atoms with Gasteiger partial charge < -0.3 is 9.30 Å². The summed E-state index contributed by atoms with van der Waals surface area (Å²) in [6.45, 7) is 0.631. The van der Waals surface area contributed by atoms with Crippen LogP contribution in [0.15, 0.2) is 85.1 Å². The smallest absolute Gasteiger partial charge is 0.317 e. The largest absolute Gasteiger partial charge is 0.468 e. The van der Waals surface area contributed by atoms with Crippen molar-refractivity contribution in [1.29, 1.82) is 0 Å². The van der Waals surface area contributed by atoms with Crippen LogP contribution in [-0.2, 0) is 16.1 Å². The van der Waals surface area contributed by atoms with Gasteiger partial charge in [-0.25, -0.2) is 4.39 Å². The normalized spacial score (nSPS) is 12.1. The summed E-state index contributed by atoms with van der Waals surface area (Å²) in [6.07, 6.45) is 1.94. The Morgan fingerprint density at radius 3 is 2.36 bits per heavy atom. The zero-order chi connectivity index (χ0) is 19.5. The molecule has 0 N–H and O–H groups in total. The van der Waals surface area contributed by atoms with Crippen molar-refractivity contribution in [2.75, 3.05) is 7.11 Å². The van der Waals surface area contributed by atoms with Gasteiger partial charge in [0.2, 0.25) is 0 Å². The third kappa shape index (κ3) is 3.41. The van der Waals surface area contributed by atoms with Gasteiger partial charge in [0.05, 0.1) is 7.11 Å². The first-order valence-electron chi connectivity index (χ1n) is 9.12. The second-order valence-electron chi connectivity index (χ2n) is 6.73. The second kappa shape index (κ2) is 7.69. The number of nitrogens with zero attached hydrogens (tertiary/aromatic N) is 1. The Morgan fingerprint density at radius 1 is 1.00 bits per heavy atom. The molecule has 3 nitrogen and oxygen atoms in total. The van der Waals surface area contributed by atoms with Crippen molar-refractivity contribution < 1.29 is 13.9 Å². The van der Waals surface area contributed by atoms with E-state index >= 15 is 0 Å². The van der Waals surface area contributed by atoms with E-state index in [0.717, 1.165) is 27.6 Å². The molecule has 0 radical (unpaired) electrons. The molecule has 0 aliphatic heterocycles. The Morgan fingerprint density at radius 2 is 1.68 bits per heavy atom. The van der Waals surface area contributed by atoms with Crippen molar-refractivity contribution in [2.45, 2.75) is 12.5 Å². The van der Waals surface area contributed by atoms with Crippen molar-refractivity contribution in [3.05, 3.63) is 108 Å². The Hall–Kier alpha value is -3.40. The molecule has 4 rings (SSSR count). The summed E-state index contributed by atoms with van der Waals surface area (Å²) >= 11 is 0. The van der Waals surface area contributed by atoms with E-state index in [9.17, 15) is 9.18 Å². The zero-order valence-electron chi connectivity index (χ0n) is 15.5. The van der Waals surface area contributed by atoms with Crippen LogP contribution in [0.5, 0.6) is 0 Å². The molecule has 4 heteroatoms. The quantitative estimate of drug-likeness (QED) is 0.454. The van der Waals surface area contributed by atoms with Gasteiger partial charge in [0.15, 0.2) is 0 Å². The number of fused-ring (bicyclic) bond motifs is 1. The molecule has 0 fully saturated rings. The van der Waals surface area contributed by atoms with Gasteiger partial charge >= 0.3 is 5.97 Å². The van der Waals surface area contributed by atoms with Crippen LogP contribution in [0.2, 0.25) is 0 Å². The average molecular weight is 373 g/mol. The van der Waals surface area contributed by atoms with E-state index in [0.29, 0.717) is 6.54 Å². The standard InChI is InChI=1S/C24H20FNO2/c1-28-24(27)23(18-10-6-3-7-11-18)21-16-26(15-17-8-4-2-5-9-17)22-13-12-19(25)14-20(21)22/h2-14,16,23H,15H2,1H3. The molecular formula is C24H20FNO2. The number of esters is 1. The van der Waals surface area contributed by atoms with Crippen LogP contribution in [0.25, 0.3) is 10.9 Å². The Labute approximate surface area is 163 Å². The van der Waals surface area contributed by atoms with Crippen LogP contribution in [-0.4, -0.2) is 17.6 Å². The minimum atomic E-state index is -0.618. The molecule has 1 unspecified atom stereocenters. The maximum atomic E-state index is 14.1. The predicted molar refractivity (Wildman–Crippen MR) is 108 cm³/mol. The summed E-state index contributed by atoms with van der Waals surface area (Å²) in [5.74, 6) is -1.32. The highest BCUT2D eigenvalue weighted by molar-refractivity contribution is 5.92. The first-order chi connectivity index (χ1) is 13.7. The Bertz CT molecular complexity index is 1100. The number of hydrogen-bond donors (Lipinski definition) is 0. The van der Waals surface area contributed by atoms with E-state index in [-0.39, 0.29) is 11.8 Å². The van der Waals surface area contributed by atoms with Crippen LogP contribution >= 0.6 is 0 Å². The lowest BCUT2D eigenvalue weighted by atomic mass is 9.91. The molecule has 1 heterocycles. The molecule has 0 amide bonds. The summed E-state index contributed by atoms with van der Waals surface area (Å²) < 4.78 is 21.2. The summed E-state index contributed by atoms with van der Waals surface area (Å²) in [4.78, 5) is 12.7. The fourth-order valence-electron chi connectivity index (χ4n) is 3.64. The fraction of sp³-hybridized carbons (Fsp3) is 0.125. The maximum Gasteiger partial charge on any atom is 0.317 e. The number of carbonyl (C=O) groups excluding carboxylic acids is 1. The summed E-state index contributed by atoms with van der Waals surface area (Å²) in [5.41, 5.74) is 3.57. The van der Waals surface area contributed by atoms with Gasteiger partial charge in [0.25, 0.3) is 0 Å². The van der Waals surface area contributed by atoms with Crippen molar-refractivity contribution in [3.63, 3.8) is 0 Å². The van der Waals surface area contributed by atoms with Gasteiger partial charge in [-0.15, -0.1) is 0 Å². The molecule has 0 saturated carbocycles. The molecule has 28 heavy (non-hydrogen) atoms. The Kier molecular flexibility index (Phi) is 4.94. The number of rotatable bonds is 5. The Balaban J connectivity index is 1.90. The minimum absolute atomic E-state index is 0.331. The highest BCUT2D eigenvalue weighted by Crippen LogP contribution is 2.34. The number of ether oxygens (including phenoxy) is 1. The lowest BCUT2D eigenvalue weighted by Crippen LogP contribution is -2.15. The number of hydrogen-bond acceptors (Lipinski definition) is 2. The topological polar surface area (TPSA) is 31.2 Å². The van der Waals surface area contributed by atoms with Crippen molar-refractivity contribution in [1.82, 2.24) is 4.57 Å². The molecule has 0 saturated heterocycles. The van der Waals surface area contributed by atoms with Gasteiger partial charge in [0, 0.05) is 23.6 Å². The summed E-state index contributed by atoms with van der Waals surface area (Å²) in [5, 5.41) is 0.718. The van der Waals surface area contributed by atoms with E-state index in [2.05, 4.69) is 4.57 Å². The number of methoxy groups -OCH3 is 1. The van der Waals surface area contributed by atoms with Gasteiger partial charge in [0.1, 0.15) is 11.7 Å². The molecule has 3 aromatic carbocycles. The van der Waals surface area contributed by atoms with Crippen molar-refractivity contribution in [2.24, 2.45) is 0 Å². The first-order valence-corrected chi connectivity index (χ1v) is 9.12. The highest BCUT2D eigenvalue weighted by Gasteiger charge is 2.27. The minimum Gasteiger partial charge on any atom is -0.468 e. The fourth-order valence-corrected chi connectivity index (χ4v) is 3.64. The molecule has 1 aromatic heterocycles. The van der Waals surface area contributed by atoms with E-state index < -0.39 is 5.92 Å². The molecule has 0 aliphatic rings. The van der Waals surface area contributed by atoms with Crippen LogP contribution < -0.4 is 0 Å². The van der Waals surface area contributed by atoms with Crippen LogP contribution in [0.1, 0.15) is 22.6 Å². The summed E-state index contributed by atoms with van der Waals surface area (Å²) in [7, 11) is 1.38. The third-order valence-corrected chi connectivity index (χ3v) is 4.95.